The quantitative estimate of drug-likeness (QED) is 0.521. The molecule has 0 saturated heterocycles. The van der Waals surface area contributed by atoms with Gasteiger partial charge in [-0.25, -0.2) is 4.79 Å². The van der Waals surface area contributed by atoms with Gasteiger partial charge in [0.2, 0.25) is 5.91 Å². The fraction of sp³-hybridized carbons (Fsp3) is 0.615. The molecule has 7 heteroatoms. The average Bonchev–Trinajstić information content (AvgIpc) is 2.75. The summed E-state index contributed by atoms with van der Waals surface area (Å²) >= 11 is 0. The van der Waals surface area contributed by atoms with Gasteiger partial charge in [-0.05, 0) is 18.8 Å². The van der Waals surface area contributed by atoms with E-state index in [9.17, 15) is 14.4 Å². The smallest absolute Gasteiger partial charge is 0.312 e. The van der Waals surface area contributed by atoms with E-state index in [1.165, 1.54) is 0 Å². The number of rotatable bonds is 6. The van der Waals surface area contributed by atoms with Gasteiger partial charge in [-0.1, -0.05) is 26.0 Å². The average molecular weight is 283 g/mol. The zero-order valence-corrected chi connectivity index (χ0v) is 11.6. The van der Waals surface area contributed by atoms with Crippen LogP contribution >= 0.6 is 0 Å². The third-order valence-corrected chi connectivity index (χ3v) is 3.07. The number of hydrogen-bond donors (Lipinski definition) is 4. The molecule has 0 spiro atoms. The van der Waals surface area contributed by atoms with Gasteiger partial charge < -0.3 is 21.5 Å². The largest absolute Gasteiger partial charge is 0.481 e. The Morgan fingerprint density at radius 3 is 2.45 bits per heavy atom. The molecular formula is C13H21N3O4. The fourth-order valence-corrected chi connectivity index (χ4v) is 2.15. The Hall–Kier alpha value is -2.05. The van der Waals surface area contributed by atoms with Crippen LogP contribution in [0.1, 0.15) is 26.7 Å². The standard InChI is InChI=1S/C13H21N3O4/c1-7(2)5-10(16-13(14)20)11(17)15-9-4-3-8(6-9)12(18)19/h3-4,7-10H,5-6H2,1-2H3,(H,15,17)(H,18,19)(H3,14,16,20). The van der Waals surface area contributed by atoms with E-state index in [0.717, 1.165) is 0 Å². The molecule has 0 heterocycles. The number of amides is 3. The molecule has 0 radical (unpaired) electrons. The minimum atomic E-state index is -0.910. The molecule has 0 aliphatic heterocycles. The Bertz CT molecular complexity index is 420. The van der Waals surface area contributed by atoms with E-state index >= 15 is 0 Å². The Morgan fingerprint density at radius 1 is 1.35 bits per heavy atom. The van der Waals surface area contributed by atoms with E-state index in [0.29, 0.717) is 12.8 Å². The highest BCUT2D eigenvalue weighted by molar-refractivity contribution is 5.87. The highest BCUT2D eigenvalue weighted by Crippen LogP contribution is 2.18. The molecular weight excluding hydrogens is 262 g/mol. The zero-order chi connectivity index (χ0) is 15.3. The van der Waals surface area contributed by atoms with Crippen LogP contribution < -0.4 is 16.4 Å². The fourth-order valence-electron chi connectivity index (χ4n) is 2.15. The first kappa shape index (κ1) is 16.0. The third kappa shape index (κ3) is 4.91. The van der Waals surface area contributed by atoms with Crippen LogP contribution in [0.5, 0.6) is 0 Å². The minimum Gasteiger partial charge on any atom is -0.481 e. The first-order valence-electron chi connectivity index (χ1n) is 6.57. The number of nitrogens with one attached hydrogen (secondary N) is 2. The number of carboxylic acids is 1. The highest BCUT2D eigenvalue weighted by Gasteiger charge is 2.28. The Balaban J connectivity index is 2.56. The highest BCUT2D eigenvalue weighted by atomic mass is 16.4. The van der Waals surface area contributed by atoms with E-state index < -0.39 is 24.0 Å². The van der Waals surface area contributed by atoms with Crippen molar-refractivity contribution in [2.75, 3.05) is 0 Å². The molecule has 20 heavy (non-hydrogen) atoms. The Kier molecular flexibility index (Phi) is 5.54. The summed E-state index contributed by atoms with van der Waals surface area (Å²) in [6.07, 6.45) is 4.01. The molecule has 0 saturated carbocycles. The molecule has 3 unspecified atom stereocenters. The molecule has 1 aliphatic rings. The third-order valence-electron chi connectivity index (χ3n) is 3.07. The maximum atomic E-state index is 12.1. The van der Waals surface area contributed by atoms with Crippen LogP contribution in [0.3, 0.4) is 0 Å². The van der Waals surface area contributed by atoms with E-state index in [2.05, 4.69) is 10.6 Å². The number of primary amides is 1. The number of hydrogen-bond acceptors (Lipinski definition) is 3. The second-order valence-corrected chi connectivity index (χ2v) is 5.37. The van der Waals surface area contributed by atoms with Crippen molar-refractivity contribution >= 4 is 17.9 Å². The topological polar surface area (TPSA) is 122 Å². The maximum Gasteiger partial charge on any atom is 0.312 e. The van der Waals surface area contributed by atoms with Crippen molar-refractivity contribution in [1.82, 2.24) is 10.6 Å². The molecule has 1 aliphatic carbocycles. The first-order chi connectivity index (χ1) is 9.29. The molecule has 112 valence electrons. The van der Waals surface area contributed by atoms with Crippen molar-refractivity contribution in [2.24, 2.45) is 17.6 Å². The van der Waals surface area contributed by atoms with Crippen molar-refractivity contribution in [3.8, 4) is 0 Å². The molecule has 0 aromatic heterocycles. The summed E-state index contributed by atoms with van der Waals surface area (Å²) in [6, 6.07) is -1.78. The van der Waals surface area contributed by atoms with Gasteiger partial charge in [-0.2, -0.15) is 0 Å². The van der Waals surface area contributed by atoms with Crippen LogP contribution in [-0.2, 0) is 9.59 Å². The van der Waals surface area contributed by atoms with Crippen LogP contribution in [0.25, 0.3) is 0 Å². The first-order valence-corrected chi connectivity index (χ1v) is 6.57. The normalized spacial score (nSPS) is 22.6. The predicted molar refractivity (Wildman–Crippen MR) is 72.8 cm³/mol. The maximum absolute atomic E-state index is 12.1. The van der Waals surface area contributed by atoms with Gasteiger partial charge >= 0.3 is 12.0 Å². The Labute approximate surface area is 117 Å². The van der Waals surface area contributed by atoms with Crippen LogP contribution in [0.15, 0.2) is 12.2 Å². The number of nitrogens with two attached hydrogens (primary N) is 1. The number of carboxylic acid groups (broad SMARTS) is 1. The predicted octanol–water partition coefficient (Wildman–Crippen LogP) is 0.215. The van der Waals surface area contributed by atoms with Crippen molar-refractivity contribution in [1.29, 1.82) is 0 Å². The summed E-state index contributed by atoms with van der Waals surface area (Å²) in [5.74, 6) is -1.62. The molecule has 3 atom stereocenters. The van der Waals surface area contributed by atoms with Crippen molar-refractivity contribution in [3.63, 3.8) is 0 Å². The number of aliphatic carboxylic acids is 1. The second-order valence-electron chi connectivity index (χ2n) is 5.37. The summed E-state index contributed by atoms with van der Waals surface area (Å²) in [5, 5.41) is 14.0. The summed E-state index contributed by atoms with van der Waals surface area (Å²) in [5.41, 5.74) is 5.06. The molecule has 0 aromatic carbocycles. The lowest BCUT2D eigenvalue weighted by Crippen LogP contribution is -2.51. The summed E-state index contributed by atoms with van der Waals surface area (Å²) in [4.78, 5) is 33.8. The SMILES string of the molecule is CC(C)CC(NC(N)=O)C(=O)NC1C=CC(C(=O)O)C1. The second kappa shape index (κ2) is 6.93. The number of urea groups is 1. The van der Waals surface area contributed by atoms with Crippen LogP contribution in [-0.4, -0.2) is 35.1 Å². The molecule has 0 aromatic rings. The van der Waals surface area contributed by atoms with Gasteiger partial charge in [-0.15, -0.1) is 0 Å². The van der Waals surface area contributed by atoms with Crippen molar-refractivity contribution < 1.29 is 19.5 Å². The van der Waals surface area contributed by atoms with E-state index in [4.69, 9.17) is 10.8 Å². The van der Waals surface area contributed by atoms with Crippen molar-refractivity contribution in [3.05, 3.63) is 12.2 Å². The number of carbonyl (C=O) groups is 3. The van der Waals surface area contributed by atoms with Crippen molar-refractivity contribution in [2.45, 2.75) is 38.8 Å². The molecule has 0 fully saturated rings. The van der Waals surface area contributed by atoms with Gasteiger partial charge in [-0.3, -0.25) is 9.59 Å². The van der Waals surface area contributed by atoms with Crippen LogP contribution in [0, 0.1) is 11.8 Å². The zero-order valence-electron chi connectivity index (χ0n) is 11.6. The molecule has 5 N–H and O–H groups in total. The lowest BCUT2D eigenvalue weighted by atomic mass is 10.0. The summed E-state index contributed by atoms with van der Waals surface area (Å²) < 4.78 is 0. The van der Waals surface area contributed by atoms with E-state index in [1.54, 1.807) is 12.2 Å². The van der Waals surface area contributed by atoms with Gasteiger partial charge in [0.25, 0.3) is 0 Å². The van der Waals surface area contributed by atoms with Crippen LogP contribution in [0.4, 0.5) is 4.79 Å². The number of carbonyl (C=O) groups excluding carboxylic acids is 2. The molecule has 0 bridgehead atoms. The van der Waals surface area contributed by atoms with Gasteiger partial charge in [0.05, 0.1) is 5.92 Å². The monoisotopic (exact) mass is 283 g/mol. The molecule has 1 rings (SSSR count). The van der Waals surface area contributed by atoms with E-state index in [-0.39, 0.29) is 17.9 Å². The van der Waals surface area contributed by atoms with E-state index in [1.807, 2.05) is 13.8 Å². The minimum absolute atomic E-state index is 0.212. The lowest BCUT2D eigenvalue weighted by molar-refractivity contribution is -0.140. The lowest BCUT2D eigenvalue weighted by Gasteiger charge is -2.21. The van der Waals surface area contributed by atoms with Gasteiger partial charge in [0.1, 0.15) is 6.04 Å². The molecule has 7 nitrogen and oxygen atoms in total. The van der Waals surface area contributed by atoms with Gasteiger partial charge in [0, 0.05) is 6.04 Å². The molecule has 3 amide bonds. The summed E-state index contributed by atoms with van der Waals surface area (Å²) in [7, 11) is 0. The van der Waals surface area contributed by atoms with Gasteiger partial charge in [0.15, 0.2) is 0 Å². The van der Waals surface area contributed by atoms with Crippen LogP contribution in [0.2, 0.25) is 0 Å². The summed E-state index contributed by atoms with van der Waals surface area (Å²) in [6.45, 7) is 3.86. The Morgan fingerprint density at radius 2 is 2.00 bits per heavy atom.